The molecule has 214 valence electrons. The molecule has 3 aliphatic heterocycles. The Balaban J connectivity index is 1.71. The monoisotopic (exact) mass is 595 g/mol. The zero-order valence-corrected chi connectivity index (χ0v) is 23.4. The Labute approximate surface area is 238 Å². The molecule has 0 saturated carbocycles. The number of fused-ring (bicyclic) bond motifs is 1. The topological polar surface area (TPSA) is 153 Å². The molecule has 13 nitrogen and oxygen atoms in total. The molecular weight excluding hydrogens is 570 g/mol. The van der Waals surface area contributed by atoms with Crippen LogP contribution in [0.25, 0.3) is 6.08 Å². The van der Waals surface area contributed by atoms with Gasteiger partial charge in [-0.05, 0) is 23.8 Å². The van der Waals surface area contributed by atoms with Crippen LogP contribution in [-0.2, 0) is 47.7 Å². The van der Waals surface area contributed by atoms with Gasteiger partial charge in [-0.3, -0.25) is 28.9 Å². The van der Waals surface area contributed by atoms with Crippen LogP contribution >= 0.6 is 24.0 Å². The Morgan fingerprint density at radius 2 is 1.57 bits per heavy atom. The summed E-state index contributed by atoms with van der Waals surface area (Å²) in [5.74, 6) is -2.52. The fourth-order valence-electron chi connectivity index (χ4n) is 4.27. The number of hydrogen-bond donors (Lipinski definition) is 0. The third kappa shape index (κ3) is 6.54. The molecule has 40 heavy (non-hydrogen) atoms. The molecule has 0 aliphatic carbocycles. The minimum absolute atomic E-state index is 0.0536. The highest BCUT2D eigenvalue weighted by molar-refractivity contribution is 8.26. The molecule has 0 radical (unpaired) electrons. The van der Waals surface area contributed by atoms with Crippen molar-refractivity contribution in [2.75, 3.05) is 13.4 Å². The maximum Gasteiger partial charge on any atom is 0.303 e. The van der Waals surface area contributed by atoms with Gasteiger partial charge in [0.15, 0.2) is 40.4 Å². The largest absolute Gasteiger partial charge is 0.463 e. The van der Waals surface area contributed by atoms with Crippen molar-refractivity contribution in [3.63, 3.8) is 0 Å². The molecule has 3 heterocycles. The van der Waals surface area contributed by atoms with Crippen molar-refractivity contribution in [3.8, 4) is 11.5 Å². The van der Waals surface area contributed by atoms with Crippen molar-refractivity contribution in [3.05, 3.63) is 28.7 Å². The SMILES string of the molecule is CC(=O)OC[C@H]1O[C@@H](N2C(=O)/C(=C/c3ccc4c(c3)OCO4)SC2=S)[C@@H](OC(C)=O)[C@@H](OC(C)=O)[C@H]1OC(C)=O. The van der Waals surface area contributed by atoms with Gasteiger partial charge in [0.05, 0.1) is 4.91 Å². The van der Waals surface area contributed by atoms with Crippen molar-refractivity contribution < 1.29 is 57.1 Å². The predicted molar refractivity (Wildman–Crippen MR) is 140 cm³/mol. The second-order valence-electron chi connectivity index (χ2n) is 8.75. The highest BCUT2D eigenvalue weighted by Crippen LogP contribution is 2.40. The second kappa shape index (κ2) is 12.2. The number of rotatable bonds is 7. The highest BCUT2D eigenvalue weighted by Gasteiger charge is 2.56. The van der Waals surface area contributed by atoms with E-state index < -0.39 is 67.0 Å². The number of carbonyl (C=O) groups excluding carboxylic acids is 5. The summed E-state index contributed by atoms with van der Waals surface area (Å²) in [6, 6.07) is 5.13. The van der Waals surface area contributed by atoms with Gasteiger partial charge in [0.1, 0.15) is 12.7 Å². The van der Waals surface area contributed by atoms with Crippen LogP contribution < -0.4 is 9.47 Å². The summed E-state index contributed by atoms with van der Waals surface area (Å²) in [6.07, 6.45) is -5.33. The van der Waals surface area contributed by atoms with Crippen LogP contribution in [0.5, 0.6) is 11.5 Å². The molecule has 1 aromatic rings. The normalized spacial score (nSPS) is 26.4. The maximum absolute atomic E-state index is 13.6. The Kier molecular flexibility index (Phi) is 8.95. The van der Waals surface area contributed by atoms with Crippen molar-refractivity contribution in [2.24, 2.45) is 0 Å². The summed E-state index contributed by atoms with van der Waals surface area (Å²) in [5.41, 5.74) is 0.631. The van der Waals surface area contributed by atoms with Gasteiger partial charge in [-0.2, -0.15) is 0 Å². The standard InChI is InChI=1S/C25H25NO12S2/c1-11(27)32-9-18-20(35-12(2)28)21(36-13(3)29)22(37-14(4)30)24(38-18)26-23(31)19(40-25(26)39)8-15-5-6-16-17(7-15)34-10-33-16/h5-8,18,20-22,24H,9-10H2,1-4H3/b19-8-/t18-,20+,21+,22+,24-/m1/s1. The third-order valence-electron chi connectivity index (χ3n) is 5.74. The number of esters is 4. The van der Waals surface area contributed by atoms with E-state index in [1.807, 2.05) is 0 Å². The molecular formula is C25H25NO12S2. The van der Waals surface area contributed by atoms with Crippen LogP contribution in [0, 0.1) is 0 Å². The second-order valence-corrected chi connectivity index (χ2v) is 10.4. The van der Waals surface area contributed by atoms with E-state index >= 15 is 0 Å². The third-order valence-corrected chi connectivity index (χ3v) is 7.07. The number of carbonyl (C=O) groups is 5. The lowest BCUT2D eigenvalue weighted by molar-refractivity contribution is -0.268. The molecule has 3 aliphatic rings. The van der Waals surface area contributed by atoms with E-state index in [2.05, 4.69) is 0 Å². The van der Waals surface area contributed by atoms with Crippen molar-refractivity contribution in [1.82, 2.24) is 4.90 Å². The summed E-state index contributed by atoms with van der Waals surface area (Å²) in [5, 5.41) is 0. The van der Waals surface area contributed by atoms with Crippen molar-refractivity contribution in [2.45, 2.75) is 58.3 Å². The predicted octanol–water partition coefficient (Wildman–Crippen LogP) is 1.70. The number of hydrogen-bond acceptors (Lipinski definition) is 14. The number of nitrogens with zero attached hydrogens (tertiary/aromatic N) is 1. The van der Waals surface area contributed by atoms with Gasteiger partial charge in [-0.25, -0.2) is 0 Å². The van der Waals surface area contributed by atoms with Crippen molar-refractivity contribution in [1.29, 1.82) is 0 Å². The number of benzene rings is 1. The lowest BCUT2D eigenvalue weighted by Crippen LogP contribution is -2.66. The van der Waals surface area contributed by atoms with Crippen LogP contribution in [0.4, 0.5) is 0 Å². The first kappa shape index (κ1) is 29.3. The van der Waals surface area contributed by atoms with Gasteiger partial charge in [0.25, 0.3) is 5.91 Å². The zero-order valence-electron chi connectivity index (χ0n) is 21.8. The smallest absolute Gasteiger partial charge is 0.303 e. The van der Waals surface area contributed by atoms with E-state index in [-0.39, 0.29) is 16.0 Å². The Morgan fingerprint density at radius 3 is 2.23 bits per heavy atom. The average molecular weight is 596 g/mol. The number of thioether (sulfide) groups is 1. The molecule has 2 saturated heterocycles. The Bertz CT molecular complexity index is 1280. The van der Waals surface area contributed by atoms with Crippen LogP contribution in [0.2, 0.25) is 0 Å². The average Bonchev–Trinajstić information content (AvgIpc) is 3.43. The number of thiocarbonyl (C=S) groups is 1. The quantitative estimate of drug-likeness (QED) is 0.194. The van der Waals surface area contributed by atoms with E-state index in [4.69, 9.17) is 45.4 Å². The molecule has 1 aromatic carbocycles. The zero-order chi connectivity index (χ0) is 29.1. The van der Waals surface area contributed by atoms with E-state index in [0.29, 0.717) is 17.1 Å². The maximum atomic E-state index is 13.6. The Hall–Kier alpha value is -3.69. The Morgan fingerprint density at radius 1 is 0.950 bits per heavy atom. The molecule has 0 unspecified atom stereocenters. The van der Waals surface area contributed by atoms with Gasteiger partial charge >= 0.3 is 23.9 Å². The molecule has 5 atom stereocenters. The lowest BCUT2D eigenvalue weighted by atomic mass is 9.96. The minimum atomic E-state index is -1.47. The molecule has 2 fully saturated rings. The van der Waals surface area contributed by atoms with E-state index in [1.54, 1.807) is 24.3 Å². The molecule has 0 spiro atoms. The first-order valence-electron chi connectivity index (χ1n) is 11.9. The molecule has 15 heteroatoms. The van der Waals surface area contributed by atoms with Gasteiger partial charge in [0, 0.05) is 27.7 Å². The van der Waals surface area contributed by atoms with Crippen LogP contribution in [0.15, 0.2) is 23.1 Å². The summed E-state index contributed by atoms with van der Waals surface area (Å²) in [7, 11) is 0. The first-order chi connectivity index (χ1) is 18.9. The van der Waals surface area contributed by atoms with Crippen LogP contribution in [-0.4, -0.2) is 83.0 Å². The molecule has 1 amide bonds. The number of ether oxygens (including phenoxy) is 7. The van der Waals surface area contributed by atoms with E-state index in [1.165, 1.54) is 0 Å². The minimum Gasteiger partial charge on any atom is -0.463 e. The van der Waals surface area contributed by atoms with E-state index in [9.17, 15) is 24.0 Å². The summed E-state index contributed by atoms with van der Waals surface area (Å²) in [4.78, 5) is 62.6. The number of amides is 1. The van der Waals surface area contributed by atoms with Gasteiger partial charge in [-0.15, -0.1) is 0 Å². The summed E-state index contributed by atoms with van der Waals surface area (Å²) >= 11 is 6.46. The van der Waals surface area contributed by atoms with E-state index in [0.717, 1.165) is 44.4 Å². The summed E-state index contributed by atoms with van der Waals surface area (Å²) < 4.78 is 38.2. The fourth-order valence-corrected chi connectivity index (χ4v) is 5.58. The first-order valence-corrected chi connectivity index (χ1v) is 13.1. The van der Waals surface area contributed by atoms with Gasteiger partial charge < -0.3 is 33.2 Å². The van der Waals surface area contributed by atoms with Crippen molar-refractivity contribution >= 4 is 64.2 Å². The van der Waals surface area contributed by atoms with Gasteiger partial charge in [0.2, 0.25) is 6.79 Å². The highest BCUT2D eigenvalue weighted by atomic mass is 32.2. The molecule has 4 rings (SSSR count). The fraction of sp³-hybridized carbons (Fsp3) is 0.440. The van der Waals surface area contributed by atoms with Crippen LogP contribution in [0.3, 0.4) is 0 Å². The molecule has 0 aromatic heterocycles. The molecule has 0 N–H and O–H groups in total. The van der Waals surface area contributed by atoms with Gasteiger partial charge in [-0.1, -0.05) is 30.0 Å². The lowest BCUT2D eigenvalue weighted by Gasteiger charge is -2.46. The summed E-state index contributed by atoms with van der Waals surface area (Å²) in [6.45, 7) is 4.14. The molecule has 0 bridgehead atoms. The van der Waals surface area contributed by atoms with Crippen LogP contribution in [0.1, 0.15) is 33.3 Å².